The molecule has 16 nitrogen and oxygen atoms in total. The molecule has 3 aromatic rings. The van der Waals surface area contributed by atoms with E-state index in [1.54, 1.807) is 4.90 Å². The molecule has 1 heterocycles. The molecule has 0 bridgehead atoms. The number of diazo groups is 2. The van der Waals surface area contributed by atoms with Crippen molar-refractivity contribution < 1.29 is 29.2 Å². The summed E-state index contributed by atoms with van der Waals surface area (Å²) >= 11 is 0. The molecule has 0 saturated heterocycles. The van der Waals surface area contributed by atoms with Crippen LogP contribution in [0, 0.1) is 10.8 Å². The van der Waals surface area contributed by atoms with Crippen molar-refractivity contribution in [1.29, 1.82) is 10.8 Å². The number of benzene rings is 2. The molecule has 0 atom stereocenters. The van der Waals surface area contributed by atoms with Crippen molar-refractivity contribution >= 4 is 40.6 Å². The molecule has 39 heavy (non-hydrogen) atoms. The van der Waals surface area contributed by atoms with E-state index in [2.05, 4.69) is 35.5 Å². The molecular formula is C23H28N10O6+2. The molecule has 0 aliphatic rings. The van der Waals surface area contributed by atoms with Crippen molar-refractivity contribution in [2.45, 2.75) is 0 Å². The number of anilines is 5. The van der Waals surface area contributed by atoms with Crippen molar-refractivity contribution in [2.24, 2.45) is 0 Å². The molecule has 0 aliphatic carbocycles. The molecule has 0 unspecified atom stereocenters. The Morgan fingerprint density at radius 3 is 1.44 bits per heavy atom. The number of nitrogens with one attached hydrogen (secondary N) is 2. The van der Waals surface area contributed by atoms with Crippen LogP contribution in [0.5, 0.6) is 23.0 Å². The number of aliphatic hydroxyl groups is 2. The van der Waals surface area contributed by atoms with Crippen molar-refractivity contribution in [1.82, 2.24) is 15.0 Å². The minimum atomic E-state index is -0.217. The number of rotatable bonds is 13. The number of aliphatic hydroxyl groups excluding tert-OH is 2. The molecule has 2 aromatic carbocycles. The molecule has 0 amide bonds. The fourth-order valence-corrected chi connectivity index (χ4v) is 3.53. The third kappa shape index (κ3) is 6.58. The van der Waals surface area contributed by atoms with Gasteiger partial charge in [-0.2, -0.15) is 15.0 Å². The summed E-state index contributed by atoms with van der Waals surface area (Å²) < 4.78 is 21.4. The van der Waals surface area contributed by atoms with Gasteiger partial charge in [0.05, 0.1) is 65.2 Å². The minimum absolute atomic E-state index is 0.0605. The van der Waals surface area contributed by atoms with Crippen LogP contribution in [0.15, 0.2) is 24.3 Å². The summed E-state index contributed by atoms with van der Waals surface area (Å²) in [5.74, 6) is 1.37. The largest absolute Gasteiger partial charge is 0.494 e. The Balaban J connectivity index is 2.13. The number of ether oxygens (including phenoxy) is 4. The van der Waals surface area contributed by atoms with Crippen LogP contribution in [0.1, 0.15) is 0 Å². The molecular weight excluding hydrogens is 512 g/mol. The zero-order valence-electron chi connectivity index (χ0n) is 21.7. The second kappa shape index (κ2) is 13.4. The fraction of sp³-hybridized carbons (Fsp3) is 0.348. The first kappa shape index (κ1) is 28.4. The molecule has 0 saturated carbocycles. The Hall–Kier alpha value is -5.19. The lowest BCUT2D eigenvalue weighted by Gasteiger charge is -2.22. The Kier molecular flexibility index (Phi) is 9.74. The highest BCUT2D eigenvalue weighted by molar-refractivity contribution is 5.76. The van der Waals surface area contributed by atoms with E-state index in [0.717, 1.165) is 0 Å². The van der Waals surface area contributed by atoms with E-state index in [0.29, 0.717) is 22.9 Å². The predicted octanol–water partition coefficient (Wildman–Crippen LogP) is 3.15. The third-order valence-electron chi connectivity index (χ3n) is 5.36. The summed E-state index contributed by atoms with van der Waals surface area (Å²) in [5, 5.41) is 43.7. The van der Waals surface area contributed by atoms with Crippen LogP contribution in [0.2, 0.25) is 0 Å². The quantitative estimate of drug-likeness (QED) is 0.230. The summed E-state index contributed by atoms with van der Waals surface area (Å²) in [4.78, 5) is 21.3. The number of hydrogen-bond acceptors (Lipinski definition) is 14. The van der Waals surface area contributed by atoms with Gasteiger partial charge in [0.25, 0.3) is 0 Å². The first-order valence-corrected chi connectivity index (χ1v) is 11.4. The van der Waals surface area contributed by atoms with Gasteiger partial charge in [0, 0.05) is 25.2 Å². The number of hydrogen-bond donors (Lipinski definition) is 4. The molecule has 204 valence electrons. The molecule has 0 spiro atoms. The minimum Gasteiger partial charge on any atom is -0.494 e. The summed E-state index contributed by atoms with van der Waals surface area (Å²) in [6, 6.07) is 5.98. The van der Waals surface area contributed by atoms with Crippen molar-refractivity contribution in [2.75, 3.05) is 70.3 Å². The molecule has 0 aliphatic heterocycles. The summed E-state index contributed by atoms with van der Waals surface area (Å²) in [7, 11) is 5.71. The lowest BCUT2D eigenvalue weighted by Crippen LogP contribution is -2.31. The Bertz CT molecular complexity index is 1290. The lowest BCUT2D eigenvalue weighted by atomic mass is 10.2. The summed E-state index contributed by atoms with van der Waals surface area (Å²) in [5.41, 5.74) is 1.06. The van der Waals surface area contributed by atoms with Gasteiger partial charge >= 0.3 is 11.4 Å². The average Bonchev–Trinajstić information content (AvgIpc) is 2.96. The maximum Gasteiger partial charge on any atom is 0.430 e. The summed E-state index contributed by atoms with van der Waals surface area (Å²) in [6.45, 7) is -0.161. The second-order valence-corrected chi connectivity index (χ2v) is 7.62. The van der Waals surface area contributed by atoms with Gasteiger partial charge in [-0.15, -0.1) is 0 Å². The van der Waals surface area contributed by atoms with E-state index in [1.807, 2.05) is 0 Å². The lowest BCUT2D eigenvalue weighted by molar-refractivity contribution is 0.280. The van der Waals surface area contributed by atoms with E-state index in [1.165, 1.54) is 52.7 Å². The summed E-state index contributed by atoms with van der Waals surface area (Å²) in [6.07, 6.45) is 0. The number of aromatic nitrogens is 3. The van der Waals surface area contributed by atoms with E-state index in [9.17, 15) is 21.0 Å². The first-order valence-electron chi connectivity index (χ1n) is 11.4. The second-order valence-electron chi connectivity index (χ2n) is 7.62. The maximum atomic E-state index is 9.54. The van der Waals surface area contributed by atoms with E-state index >= 15 is 0 Å². The van der Waals surface area contributed by atoms with Gasteiger partial charge in [0.15, 0.2) is 21.5 Å². The topological polar surface area (TPSA) is 200 Å². The van der Waals surface area contributed by atoms with Crippen LogP contribution in [0.4, 0.5) is 40.6 Å². The molecule has 3 rings (SSSR count). The van der Waals surface area contributed by atoms with Gasteiger partial charge in [-0.3, -0.25) is 0 Å². The van der Waals surface area contributed by atoms with Gasteiger partial charge in [-0.1, -0.05) is 0 Å². The van der Waals surface area contributed by atoms with Crippen LogP contribution in [-0.2, 0) is 0 Å². The number of nitrogens with zero attached hydrogens (tertiary/aromatic N) is 8. The van der Waals surface area contributed by atoms with Gasteiger partial charge in [-0.05, 0) is 0 Å². The smallest absolute Gasteiger partial charge is 0.430 e. The van der Waals surface area contributed by atoms with Gasteiger partial charge in [0.2, 0.25) is 40.1 Å². The highest BCUT2D eigenvalue weighted by Gasteiger charge is 2.23. The highest BCUT2D eigenvalue weighted by atomic mass is 16.5. The van der Waals surface area contributed by atoms with E-state index < -0.39 is 0 Å². The predicted molar refractivity (Wildman–Crippen MR) is 141 cm³/mol. The first-order chi connectivity index (χ1) is 18.9. The SMILES string of the molecule is COc1cc(Nc2nc(Nc3cc(OC)c([N+]#N)cc3OC)nc(N(CCO)CCO)n2)c(OC)cc1[N+]#N. The van der Waals surface area contributed by atoms with Crippen LogP contribution in [0.25, 0.3) is 9.95 Å². The molecule has 1 aromatic heterocycles. The zero-order valence-corrected chi connectivity index (χ0v) is 21.7. The monoisotopic (exact) mass is 540 g/mol. The van der Waals surface area contributed by atoms with Crippen LogP contribution in [0.3, 0.4) is 0 Å². The van der Waals surface area contributed by atoms with Crippen LogP contribution < -0.4 is 34.5 Å². The Morgan fingerprint density at radius 2 is 1.10 bits per heavy atom. The number of methoxy groups -OCH3 is 4. The van der Waals surface area contributed by atoms with Crippen molar-refractivity contribution in [3.63, 3.8) is 0 Å². The molecule has 0 fully saturated rings. The van der Waals surface area contributed by atoms with Crippen molar-refractivity contribution in [3.05, 3.63) is 34.2 Å². The fourth-order valence-electron chi connectivity index (χ4n) is 3.53. The Morgan fingerprint density at radius 1 is 0.692 bits per heavy atom. The zero-order chi connectivity index (χ0) is 28.4. The van der Waals surface area contributed by atoms with Crippen LogP contribution >= 0.6 is 0 Å². The molecule has 0 radical (unpaired) electrons. The highest BCUT2D eigenvalue weighted by Crippen LogP contribution is 2.40. The van der Waals surface area contributed by atoms with E-state index in [-0.39, 0.29) is 67.0 Å². The maximum absolute atomic E-state index is 9.54. The average molecular weight is 541 g/mol. The van der Waals surface area contributed by atoms with Gasteiger partial charge < -0.3 is 44.7 Å². The normalized spacial score (nSPS) is 10.2. The standard InChI is InChI=1S/C23H28N10O6/c1-36-17-11-15(31-24)19(38-3)9-13(17)26-21-28-22(30-23(29-21)33(5-7-34)6-8-35)27-14-10-20(39-4)16(32-25)12-18(14)37-2/h9-12,34-35H,5-8H2,1-4H3,(H2,26,27,28,29,30)/q+2. The van der Waals surface area contributed by atoms with Gasteiger partial charge in [0.1, 0.15) is 0 Å². The van der Waals surface area contributed by atoms with E-state index in [4.69, 9.17) is 18.9 Å². The Labute approximate surface area is 223 Å². The molecule has 16 heteroatoms. The van der Waals surface area contributed by atoms with Crippen LogP contribution in [-0.4, -0.2) is 79.9 Å². The van der Waals surface area contributed by atoms with Gasteiger partial charge in [-0.25, -0.2) is 0 Å². The van der Waals surface area contributed by atoms with Crippen molar-refractivity contribution in [3.8, 4) is 23.0 Å². The third-order valence-corrected chi connectivity index (χ3v) is 5.36. The molecule has 4 N–H and O–H groups in total.